The summed E-state index contributed by atoms with van der Waals surface area (Å²) in [5, 5.41) is 12.3. The van der Waals surface area contributed by atoms with Crippen molar-refractivity contribution < 1.29 is 17.4 Å². The summed E-state index contributed by atoms with van der Waals surface area (Å²) in [5.41, 5.74) is 3.52. The van der Waals surface area contributed by atoms with Crippen molar-refractivity contribution in [2.24, 2.45) is 0 Å². The van der Waals surface area contributed by atoms with E-state index in [9.17, 15) is 18.5 Å². The van der Waals surface area contributed by atoms with Gasteiger partial charge in [-0.05, 0) is 62.2 Å². The van der Waals surface area contributed by atoms with E-state index in [1.54, 1.807) is 36.4 Å². The third-order valence-electron chi connectivity index (χ3n) is 4.95. The van der Waals surface area contributed by atoms with Crippen molar-refractivity contribution in [3.8, 4) is 11.8 Å². The van der Waals surface area contributed by atoms with Crippen LogP contribution in [0.1, 0.15) is 22.3 Å². The number of amides is 1. The number of nitrogens with one attached hydrogen (secondary N) is 1. The van der Waals surface area contributed by atoms with Gasteiger partial charge in [-0.25, -0.2) is 0 Å². The zero-order valence-electron chi connectivity index (χ0n) is 17.9. The largest absolute Gasteiger partial charge is 0.378 e. The predicted molar refractivity (Wildman–Crippen MR) is 124 cm³/mol. The molecule has 0 aromatic heterocycles. The molecule has 3 aromatic carbocycles. The Hall–Kier alpha value is -3.89. The second-order valence-corrected chi connectivity index (χ2v) is 8.81. The Morgan fingerprint density at radius 3 is 2.34 bits per heavy atom. The number of hydrogen-bond donors (Lipinski definition) is 1. The number of hydrogen-bond acceptors (Lipinski definition) is 5. The lowest BCUT2D eigenvalue weighted by atomic mass is 10.1. The molecule has 0 aliphatic heterocycles. The number of nitrogens with zero attached hydrogens (tertiary/aromatic N) is 1. The van der Waals surface area contributed by atoms with E-state index in [1.165, 1.54) is 24.3 Å². The lowest BCUT2D eigenvalue weighted by Crippen LogP contribution is -2.15. The zero-order valence-corrected chi connectivity index (χ0v) is 18.7. The van der Waals surface area contributed by atoms with E-state index in [0.29, 0.717) is 5.69 Å². The van der Waals surface area contributed by atoms with E-state index in [1.807, 2.05) is 39.0 Å². The maximum Gasteiger partial charge on any atom is 0.339 e. The number of carbonyl (C=O) groups is 1. The first-order valence-corrected chi connectivity index (χ1v) is 11.2. The molecule has 0 atom stereocenters. The molecule has 1 N–H and O–H groups in total. The average molecular weight is 447 g/mol. The fourth-order valence-electron chi connectivity index (χ4n) is 2.93. The van der Waals surface area contributed by atoms with E-state index in [-0.39, 0.29) is 21.8 Å². The van der Waals surface area contributed by atoms with Gasteiger partial charge in [0.1, 0.15) is 22.3 Å². The molecule has 0 radical (unpaired) electrons. The molecule has 0 aliphatic rings. The van der Waals surface area contributed by atoms with Crippen molar-refractivity contribution in [3.63, 3.8) is 0 Å². The lowest BCUT2D eigenvalue weighted by molar-refractivity contribution is -0.112. The van der Waals surface area contributed by atoms with Crippen LogP contribution in [-0.4, -0.2) is 14.3 Å². The van der Waals surface area contributed by atoms with E-state index in [0.717, 1.165) is 16.7 Å². The first kappa shape index (κ1) is 22.8. The molecule has 7 heteroatoms. The van der Waals surface area contributed by atoms with Gasteiger partial charge in [0.2, 0.25) is 0 Å². The summed E-state index contributed by atoms with van der Waals surface area (Å²) in [6.07, 6.45) is 1.31. The number of anilines is 1. The van der Waals surface area contributed by atoms with Gasteiger partial charge < -0.3 is 9.50 Å². The fraction of sp³-hybridized carbons (Fsp3) is 0.120. The number of carbonyl (C=O) groups excluding carboxylic acids is 1. The van der Waals surface area contributed by atoms with Gasteiger partial charge in [0, 0.05) is 11.3 Å². The first-order valence-electron chi connectivity index (χ1n) is 9.81. The van der Waals surface area contributed by atoms with Crippen LogP contribution in [0.2, 0.25) is 0 Å². The van der Waals surface area contributed by atoms with Crippen molar-refractivity contribution >= 4 is 27.8 Å². The molecular weight excluding hydrogens is 424 g/mol. The number of nitriles is 1. The molecule has 6 nitrogen and oxygen atoms in total. The topological polar surface area (TPSA) is 96.3 Å². The monoisotopic (exact) mass is 446 g/mol. The average Bonchev–Trinajstić information content (AvgIpc) is 2.76. The van der Waals surface area contributed by atoms with Crippen molar-refractivity contribution in [2.75, 3.05) is 5.32 Å². The molecule has 3 rings (SSSR count). The van der Waals surface area contributed by atoms with Gasteiger partial charge in [-0.2, -0.15) is 13.7 Å². The standard InChI is InChI=1S/C25H22N2O4S/c1-17-11-13-22(14-12-17)32(29,30)31-24-10-5-4-8-20(24)15-21(16-26)25(28)27-23-9-6-7-18(2)19(23)3/h4-15H,1-3H3,(H,27,28)/b21-15+. The van der Waals surface area contributed by atoms with E-state index in [2.05, 4.69) is 5.32 Å². The maximum atomic E-state index is 12.7. The molecule has 0 bridgehead atoms. The van der Waals surface area contributed by atoms with Crippen LogP contribution in [0.5, 0.6) is 5.75 Å². The minimum absolute atomic E-state index is 0.00931. The van der Waals surface area contributed by atoms with Crippen molar-refractivity contribution in [1.29, 1.82) is 5.26 Å². The van der Waals surface area contributed by atoms with Gasteiger partial charge >= 0.3 is 10.1 Å². The highest BCUT2D eigenvalue weighted by molar-refractivity contribution is 7.87. The number of benzene rings is 3. The highest BCUT2D eigenvalue weighted by Crippen LogP contribution is 2.26. The quantitative estimate of drug-likeness (QED) is 0.329. The third-order valence-corrected chi connectivity index (χ3v) is 6.19. The zero-order chi connectivity index (χ0) is 23.3. The van der Waals surface area contributed by atoms with Crippen LogP contribution in [0.15, 0.2) is 77.2 Å². The smallest absolute Gasteiger partial charge is 0.339 e. The van der Waals surface area contributed by atoms with Crippen LogP contribution >= 0.6 is 0 Å². The minimum atomic E-state index is -4.09. The van der Waals surface area contributed by atoms with E-state index < -0.39 is 16.0 Å². The Kier molecular flexibility index (Phi) is 6.76. The molecule has 0 spiro atoms. The van der Waals surface area contributed by atoms with Crippen molar-refractivity contribution in [2.45, 2.75) is 25.7 Å². The van der Waals surface area contributed by atoms with Crippen LogP contribution in [0.3, 0.4) is 0 Å². The molecule has 0 fully saturated rings. The van der Waals surface area contributed by atoms with E-state index in [4.69, 9.17) is 4.18 Å². The second kappa shape index (κ2) is 9.50. The van der Waals surface area contributed by atoms with Gasteiger partial charge in [0.15, 0.2) is 0 Å². The van der Waals surface area contributed by atoms with Crippen LogP contribution in [0.25, 0.3) is 6.08 Å². The Balaban J connectivity index is 1.91. The molecule has 0 aliphatic carbocycles. The lowest BCUT2D eigenvalue weighted by Gasteiger charge is -2.11. The summed E-state index contributed by atoms with van der Waals surface area (Å²) >= 11 is 0. The van der Waals surface area contributed by atoms with Crippen LogP contribution in [0.4, 0.5) is 5.69 Å². The summed E-state index contributed by atoms with van der Waals surface area (Å²) in [4.78, 5) is 12.7. The Morgan fingerprint density at radius 2 is 1.66 bits per heavy atom. The molecule has 0 unspecified atom stereocenters. The van der Waals surface area contributed by atoms with Crippen LogP contribution in [0, 0.1) is 32.1 Å². The molecule has 0 saturated carbocycles. The first-order chi connectivity index (χ1) is 15.2. The van der Waals surface area contributed by atoms with Gasteiger partial charge in [0.05, 0.1) is 0 Å². The Bertz CT molecular complexity index is 1340. The molecule has 0 heterocycles. The summed E-state index contributed by atoms with van der Waals surface area (Å²) in [6.45, 7) is 5.65. The molecule has 1 amide bonds. The highest BCUT2D eigenvalue weighted by atomic mass is 32.2. The maximum absolute atomic E-state index is 12.7. The van der Waals surface area contributed by atoms with Crippen molar-refractivity contribution in [1.82, 2.24) is 0 Å². The number of para-hydroxylation sites is 1. The number of rotatable bonds is 6. The SMILES string of the molecule is Cc1ccc(S(=O)(=O)Oc2ccccc2/C=C(\C#N)C(=O)Nc2cccc(C)c2C)cc1. The third kappa shape index (κ3) is 5.23. The fourth-order valence-corrected chi connectivity index (χ4v) is 3.88. The Morgan fingerprint density at radius 1 is 0.969 bits per heavy atom. The van der Waals surface area contributed by atoms with Crippen LogP contribution < -0.4 is 9.50 Å². The Labute approximate surface area is 187 Å². The second-order valence-electron chi connectivity index (χ2n) is 7.26. The molecule has 32 heavy (non-hydrogen) atoms. The molecule has 3 aromatic rings. The van der Waals surface area contributed by atoms with Gasteiger partial charge in [-0.3, -0.25) is 4.79 Å². The molecular formula is C25H22N2O4S. The minimum Gasteiger partial charge on any atom is -0.378 e. The number of aryl methyl sites for hydroxylation is 2. The highest BCUT2D eigenvalue weighted by Gasteiger charge is 2.19. The predicted octanol–water partition coefficient (Wildman–Crippen LogP) is 4.93. The van der Waals surface area contributed by atoms with Crippen LogP contribution in [-0.2, 0) is 14.9 Å². The van der Waals surface area contributed by atoms with Gasteiger partial charge in [0.25, 0.3) is 5.91 Å². The summed E-state index contributed by atoms with van der Waals surface area (Å²) in [7, 11) is -4.09. The molecule has 0 saturated heterocycles. The van der Waals surface area contributed by atoms with Crippen molar-refractivity contribution in [3.05, 3.63) is 94.6 Å². The summed E-state index contributed by atoms with van der Waals surface area (Å²) in [5.74, 6) is -0.585. The summed E-state index contributed by atoms with van der Waals surface area (Å²) in [6, 6.07) is 19.9. The van der Waals surface area contributed by atoms with Gasteiger partial charge in [-0.1, -0.05) is 48.0 Å². The normalized spacial score (nSPS) is 11.5. The summed E-state index contributed by atoms with van der Waals surface area (Å²) < 4.78 is 30.7. The van der Waals surface area contributed by atoms with Gasteiger partial charge in [-0.15, -0.1) is 0 Å². The molecule has 162 valence electrons. The van der Waals surface area contributed by atoms with E-state index >= 15 is 0 Å².